The number of halogens is 2. The normalized spacial score (nSPS) is 24.5. The summed E-state index contributed by atoms with van der Waals surface area (Å²) in [5.74, 6) is -1.85. The number of ether oxygens (including phenoxy) is 4. The minimum atomic E-state index is -1.64. The summed E-state index contributed by atoms with van der Waals surface area (Å²) in [6.07, 6.45) is 2.39. The number of rotatable bonds is 9. The van der Waals surface area contributed by atoms with Gasteiger partial charge in [0.05, 0.1) is 48.6 Å². The van der Waals surface area contributed by atoms with Gasteiger partial charge in [-0.15, -0.1) is 0 Å². The molecule has 12 nitrogen and oxygen atoms in total. The van der Waals surface area contributed by atoms with Crippen LogP contribution in [0, 0.1) is 0 Å². The first-order valence-corrected chi connectivity index (χ1v) is 19.0. The number of hydrogen-bond donors (Lipinski definition) is 1. The van der Waals surface area contributed by atoms with E-state index in [1.807, 2.05) is 0 Å². The summed E-state index contributed by atoms with van der Waals surface area (Å²) in [5, 5.41) is 3.49. The Labute approximate surface area is 310 Å². The lowest BCUT2D eigenvalue weighted by Gasteiger charge is -2.45. The van der Waals surface area contributed by atoms with Crippen LogP contribution in [0.4, 0.5) is 9.59 Å². The van der Waals surface area contributed by atoms with Crippen molar-refractivity contribution in [2.24, 2.45) is 0 Å². The molecule has 0 saturated carbocycles. The first kappa shape index (κ1) is 37.1. The van der Waals surface area contributed by atoms with Crippen molar-refractivity contribution < 1.29 is 37.5 Å². The summed E-state index contributed by atoms with van der Waals surface area (Å²) in [6, 6.07) is 15.3. The lowest BCUT2D eigenvalue weighted by atomic mass is 9.89. The fourth-order valence-electron chi connectivity index (χ4n) is 7.63. The number of dihydropyridines is 1. The van der Waals surface area contributed by atoms with Crippen molar-refractivity contribution in [3.8, 4) is 0 Å². The molecule has 4 aliphatic heterocycles. The molecule has 4 unspecified atom stereocenters. The second-order valence-corrected chi connectivity index (χ2v) is 15.3. The van der Waals surface area contributed by atoms with Gasteiger partial charge < -0.3 is 34.1 Å². The maximum Gasteiger partial charge on any atom is 0.513 e. The summed E-state index contributed by atoms with van der Waals surface area (Å²) >= 11 is 13.5. The SMILES string of the molecule is COC(=O)OC1=C(CC(=O)N2CCN(C3CC4CCC(C3)N4C)CC2)NC(CS(=O)c2ccccc2)=C(OC(=O)OC)C1c1c(Cl)cccc1Cl. The number of carbonyl (C=O) groups excluding carboxylic acids is 3. The van der Waals surface area contributed by atoms with E-state index in [-0.39, 0.29) is 56.6 Å². The first-order chi connectivity index (χ1) is 24.6. The van der Waals surface area contributed by atoms with Gasteiger partial charge >= 0.3 is 12.3 Å². The predicted octanol–water partition coefficient (Wildman–Crippen LogP) is 5.64. The van der Waals surface area contributed by atoms with Crippen molar-refractivity contribution in [3.05, 3.63) is 87.1 Å². The van der Waals surface area contributed by atoms with Crippen molar-refractivity contribution in [2.45, 2.75) is 61.0 Å². The number of nitrogens with zero attached hydrogens (tertiary/aromatic N) is 3. The van der Waals surface area contributed by atoms with Crippen LogP contribution in [0.15, 0.2) is 76.3 Å². The zero-order valence-corrected chi connectivity index (χ0v) is 31.1. The van der Waals surface area contributed by atoms with E-state index in [4.69, 9.17) is 42.1 Å². The highest BCUT2D eigenvalue weighted by Gasteiger charge is 2.43. The van der Waals surface area contributed by atoms with Crippen molar-refractivity contribution in [1.29, 1.82) is 0 Å². The van der Waals surface area contributed by atoms with Crippen LogP contribution in [-0.4, -0.2) is 108 Å². The van der Waals surface area contributed by atoms with E-state index in [9.17, 15) is 18.6 Å². The minimum absolute atomic E-state index is 0.112. The third-order valence-corrected chi connectivity index (χ3v) is 12.3. The molecule has 4 heterocycles. The zero-order chi connectivity index (χ0) is 36.2. The van der Waals surface area contributed by atoms with E-state index in [1.165, 1.54) is 12.8 Å². The molecule has 2 bridgehead atoms. The van der Waals surface area contributed by atoms with Gasteiger partial charge in [0.1, 0.15) is 17.4 Å². The lowest BCUT2D eigenvalue weighted by Crippen LogP contribution is -2.56. The van der Waals surface area contributed by atoms with Crippen molar-refractivity contribution >= 4 is 52.2 Å². The van der Waals surface area contributed by atoms with Crippen LogP contribution in [0.25, 0.3) is 0 Å². The van der Waals surface area contributed by atoms with Crippen molar-refractivity contribution in [2.75, 3.05) is 53.2 Å². The molecule has 274 valence electrons. The molecule has 0 spiro atoms. The van der Waals surface area contributed by atoms with Gasteiger partial charge in [0, 0.05) is 64.8 Å². The van der Waals surface area contributed by atoms with Gasteiger partial charge in [0.15, 0.2) is 0 Å². The largest absolute Gasteiger partial charge is 0.513 e. The number of benzene rings is 2. The van der Waals surface area contributed by atoms with E-state index < -0.39 is 29.0 Å². The van der Waals surface area contributed by atoms with E-state index in [0.717, 1.165) is 40.2 Å². The van der Waals surface area contributed by atoms with Gasteiger partial charge in [-0.3, -0.25) is 13.9 Å². The molecule has 1 amide bonds. The van der Waals surface area contributed by atoms with Crippen molar-refractivity contribution in [3.63, 3.8) is 0 Å². The molecule has 4 atom stereocenters. The molecule has 0 radical (unpaired) electrons. The Bertz CT molecular complexity index is 1700. The monoisotopic (exact) mass is 760 g/mol. The van der Waals surface area contributed by atoms with Crippen LogP contribution in [0.2, 0.25) is 10.0 Å². The van der Waals surface area contributed by atoms with Crippen LogP contribution in [-0.2, 0) is 34.5 Å². The lowest BCUT2D eigenvalue weighted by molar-refractivity contribution is -0.133. The van der Waals surface area contributed by atoms with Crippen LogP contribution in [0.5, 0.6) is 0 Å². The molecule has 2 aromatic rings. The van der Waals surface area contributed by atoms with Gasteiger partial charge in [0.25, 0.3) is 0 Å². The Hall–Kier alpha value is -3.62. The Morgan fingerprint density at radius 3 is 1.94 bits per heavy atom. The number of piperidine rings is 1. The molecule has 2 aromatic carbocycles. The Morgan fingerprint density at radius 2 is 1.37 bits per heavy atom. The van der Waals surface area contributed by atoms with E-state index >= 15 is 0 Å². The average molecular weight is 762 g/mol. The standard InChI is InChI=1S/C36H42Cl2N4O8S/c1-40-22-12-13-23(40)19-24(18-22)41-14-16-42(17-15-41)30(43)20-28-33(49-35(44)47-2)32(31-26(37)10-7-11-27(31)38)34(50-36(45)48-3)29(39-28)21-51(46)25-8-5-4-6-9-25/h4-11,22-24,32,39H,12-21H2,1-3H3. The molecule has 15 heteroatoms. The number of amides is 1. The topological polar surface area (TPSA) is 127 Å². The molecule has 0 aliphatic carbocycles. The van der Waals surface area contributed by atoms with Crippen LogP contribution in [0.3, 0.4) is 0 Å². The predicted molar refractivity (Wildman–Crippen MR) is 191 cm³/mol. The van der Waals surface area contributed by atoms with Gasteiger partial charge in [-0.05, 0) is 57.0 Å². The van der Waals surface area contributed by atoms with Crippen LogP contribution >= 0.6 is 23.2 Å². The maximum atomic E-state index is 14.1. The van der Waals surface area contributed by atoms with Gasteiger partial charge in [-0.1, -0.05) is 47.5 Å². The molecule has 4 aliphatic rings. The van der Waals surface area contributed by atoms with Crippen molar-refractivity contribution in [1.82, 2.24) is 20.0 Å². The number of piperazine rings is 1. The third-order valence-electron chi connectivity index (χ3n) is 10.3. The minimum Gasteiger partial charge on any atom is -0.437 e. The van der Waals surface area contributed by atoms with Crippen LogP contribution < -0.4 is 5.32 Å². The molecule has 51 heavy (non-hydrogen) atoms. The van der Waals surface area contributed by atoms with E-state index in [1.54, 1.807) is 53.4 Å². The van der Waals surface area contributed by atoms with Gasteiger partial charge in [-0.2, -0.15) is 0 Å². The number of carbonyl (C=O) groups is 3. The maximum absolute atomic E-state index is 14.1. The molecule has 3 saturated heterocycles. The highest BCUT2D eigenvalue weighted by Crippen LogP contribution is 2.46. The smallest absolute Gasteiger partial charge is 0.437 e. The fourth-order valence-corrected chi connectivity index (χ4v) is 9.35. The second-order valence-electron chi connectivity index (χ2n) is 13.1. The quantitative estimate of drug-likeness (QED) is 0.320. The highest BCUT2D eigenvalue weighted by molar-refractivity contribution is 7.85. The number of hydrogen-bond acceptors (Lipinski definition) is 11. The first-order valence-electron chi connectivity index (χ1n) is 16.9. The van der Waals surface area contributed by atoms with Gasteiger partial charge in [-0.25, -0.2) is 9.59 Å². The Balaban J connectivity index is 1.33. The Morgan fingerprint density at radius 1 is 0.804 bits per heavy atom. The van der Waals surface area contributed by atoms with Crippen LogP contribution in [0.1, 0.15) is 43.6 Å². The van der Waals surface area contributed by atoms with E-state index in [2.05, 4.69) is 22.2 Å². The average Bonchev–Trinajstić information content (AvgIpc) is 3.32. The Kier molecular flexibility index (Phi) is 11.9. The molecule has 0 aromatic heterocycles. The summed E-state index contributed by atoms with van der Waals surface area (Å²) in [6.45, 7) is 2.60. The number of nitrogens with one attached hydrogen (secondary N) is 1. The summed E-state index contributed by atoms with van der Waals surface area (Å²) in [4.78, 5) is 46.9. The van der Waals surface area contributed by atoms with Gasteiger partial charge in [0.2, 0.25) is 5.91 Å². The zero-order valence-electron chi connectivity index (χ0n) is 28.8. The van der Waals surface area contributed by atoms with E-state index in [0.29, 0.717) is 36.1 Å². The summed E-state index contributed by atoms with van der Waals surface area (Å²) in [7, 11) is 2.87. The number of fused-ring (bicyclic) bond motifs is 2. The molecular formula is C36H42Cl2N4O8S. The second kappa shape index (κ2) is 16.4. The molecular weight excluding hydrogens is 719 g/mol. The molecule has 3 fully saturated rings. The summed E-state index contributed by atoms with van der Waals surface area (Å²) in [5.41, 5.74) is 0.595. The number of methoxy groups -OCH3 is 2. The summed E-state index contributed by atoms with van der Waals surface area (Å²) < 4.78 is 34.9. The molecule has 6 rings (SSSR count). The highest BCUT2D eigenvalue weighted by atomic mass is 35.5. The fraction of sp³-hybridized carbons (Fsp3) is 0.472. The third kappa shape index (κ3) is 8.23. The molecule has 1 N–H and O–H groups in total.